The number of amides is 1. The molecule has 0 saturated carbocycles. The van der Waals surface area contributed by atoms with E-state index >= 15 is 0 Å². The van der Waals surface area contributed by atoms with E-state index in [2.05, 4.69) is 10.0 Å². The zero-order valence-electron chi connectivity index (χ0n) is 15.1. The van der Waals surface area contributed by atoms with E-state index in [1.54, 1.807) is 12.1 Å². The number of anilines is 1. The molecule has 7 nitrogen and oxygen atoms in total. The maximum Gasteiger partial charge on any atom is 0.244 e. The Hall–Kier alpha value is -2.58. The second-order valence-electron chi connectivity index (χ2n) is 5.64. The number of sulfonamides is 1. The first kappa shape index (κ1) is 19.7. The quantitative estimate of drug-likeness (QED) is 0.771. The van der Waals surface area contributed by atoms with Crippen molar-refractivity contribution >= 4 is 21.6 Å². The third-order valence-corrected chi connectivity index (χ3v) is 5.38. The number of rotatable bonds is 7. The average Bonchev–Trinajstić information content (AvgIpc) is 2.63. The summed E-state index contributed by atoms with van der Waals surface area (Å²) in [4.78, 5) is 12.0. The second-order valence-corrected chi connectivity index (χ2v) is 7.37. The predicted molar refractivity (Wildman–Crippen MR) is 99.3 cm³/mol. The van der Waals surface area contributed by atoms with Crippen LogP contribution >= 0.6 is 0 Å². The molecule has 1 amide bonds. The molecule has 0 radical (unpaired) electrons. The number of aryl methyl sites for hydroxylation is 1. The normalized spacial score (nSPS) is 11.1. The number of hydrogen-bond donors (Lipinski definition) is 2. The summed E-state index contributed by atoms with van der Waals surface area (Å²) < 4.78 is 37.5. The number of benzene rings is 2. The summed E-state index contributed by atoms with van der Waals surface area (Å²) in [7, 11) is -1.15. The number of methoxy groups -OCH3 is 2. The van der Waals surface area contributed by atoms with Gasteiger partial charge < -0.3 is 14.8 Å². The van der Waals surface area contributed by atoms with Gasteiger partial charge in [-0.05, 0) is 43.2 Å². The zero-order valence-corrected chi connectivity index (χ0v) is 15.9. The van der Waals surface area contributed by atoms with Crippen molar-refractivity contribution in [1.82, 2.24) is 4.72 Å². The van der Waals surface area contributed by atoms with Gasteiger partial charge in [0.1, 0.15) is 16.4 Å². The van der Waals surface area contributed by atoms with Crippen LogP contribution in [0.5, 0.6) is 11.5 Å². The number of ether oxygens (including phenoxy) is 2. The van der Waals surface area contributed by atoms with Crippen molar-refractivity contribution < 1.29 is 22.7 Å². The molecular formula is C18H22N2O5S. The first-order valence-corrected chi connectivity index (χ1v) is 9.34. The van der Waals surface area contributed by atoms with Crippen LogP contribution in [0.25, 0.3) is 0 Å². The second kappa shape index (κ2) is 8.20. The maximum atomic E-state index is 12.5. The highest BCUT2D eigenvalue weighted by Crippen LogP contribution is 2.28. The van der Waals surface area contributed by atoms with Gasteiger partial charge in [0.2, 0.25) is 15.9 Å². The molecule has 2 N–H and O–H groups in total. The molecule has 0 aromatic heterocycles. The van der Waals surface area contributed by atoms with Crippen LogP contribution in [0.2, 0.25) is 0 Å². The maximum absolute atomic E-state index is 12.5. The summed E-state index contributed by atoms with van der Waals surface area (Å²) in [5, 5.41) is 2.70. The van der Waals surface area contributed by atoms with Gasteiger partial charge in [-0.15, -0.1) is 0 Å². The van der Waals surface area contributed by atoms with Gasteiger partial charge in [0.15, 0.2) is 0 Å². The fraction of sp³-hybridized carbons (Fsp3) is 0.278. The Morgan fingerprint density at radius 3 is 2.46 bits per heavy atom. The molecule has 0 unspecified atom stereocenters. The molecule has 0 atom stereocenters. The molecule has 0 aliphatic carbocycles. The highest BCUT2D eigenvalue weighted by Gasteiger charge is 2.21. The van der Waals surface area contributed by atoms with Gasteiger partial charge in [0.25, 0.3) is 0 Å². The lowest BCUT2D eigenvalue weighted by atomic mass is 10.1. The fourth-order valence-electron chi connectivity index (χ4n) is 2.31. The first-order valence-electron chi connectivity index (χ1n) is 7.86. The Labute approximate surface area is 153 Å². The van der Waals surface area contributed by atoms with Gasteiger partial charge in [0.05, 0.1) is 20.8 Å². The monoisotopic (exact) mass is 378 g/mol. The first-order chi connectivity index (χ1) is 12.3. The van der Waals surface area contributed by atoms with Crippen LogP contribution in [-0.2, 0) is 14.8 Å². The minimum atomic E-state index is -3.96. The molecule has 140 valence electrons. The van der Waals surface area contributed by atoms with Gasteiger partial charge in [-0.25, -0.2) is 13.1 Å². The molecule has 2 aromatic rings. The molecule has 0 saturated heterocycles. The van der Waals surface area contributed by atoms with E-state index in [4.69, 9.17) is 9.47 Å². The predicted octanol–water partition coefficient (Wildman–Crippen LogP) is 2.24. The molecule has 26 heavy (non-hydrogen) atoms. The smallest absolute Gasteiger partial charge is 0.244 e. The summed E-state index contributed by atoms with van der Waals surface area (Å²) >= 11 is 0. The molecule has 0 aliphatic heterocycles. The summed E-state index contributed by atoms with van der Waals surface area (Å²) in [5.74, 6) is 0.0587. The third-order valence-electron chi connectivity index (χ3n) is 3.96. The SMILES string of the molecule is COc1ccc(OC)c(S(=O)(=O)NCC(=O)Nc2cccc(C)c2C)c1. The molecule has 0 aliphatic rings. The molecule has 0 bridgehead atoms. The van der Waals surface area contributed by atoms with Crippen LogP contribution in [0.3, 0.4) is 0 Å². The van der Waals surface area contributed by atoms with Gasteiger partial charge >= 0.3 is 0 Å². The lowest BCUT2D eigenvalue weighted by molar-refractivity contribution is -0.115. The Morgan fingerprint density at radius 2 is 1.81 bits per heavy atom. The molecular weight excluding hydrogens is 356 g/mol. The number of hydrogen-bond acceptors (Lipinski definition) is 5. The van der Waals surface area contributed by atoms with E-state index in [-0.39, 0.29) is 10.6 Å². The van der Waals surface area contributed by atoms with Crippen LogP contribution in [-0.4, -0.2) is 35.1 Å². The van der Waals surface area contributed by atoms with Crippen molar-refractivity contribution in [3.63, 3.8) is 0 Å². The molecule has 8 heteroatoms. The molecule has 2 rings (SSSR count). The van der Waals surface area contributed by atoms with Crippen LogP contribution in [0.4, 0.5) is 5.69 Å². The van der Waals surface area contributed by atoms with Crippen LogP contribution in [0.1, 0.15) is 11.1 Å². The Morgan fingerprint density at radius 1 is 1.08 bits per heavy atom. The molecule has 0 fully saturated rings. The van der Waals surface area contributed by atoms with Gasteiger partial charge in [-0.3, -0.25) is 4.79 Å². The van der Waals surface area contributed by atoms with Gasteiger partial charge in [0, 0.05) is 11.8 Å². The highest BCUT2D eigenvalue weighted by molar-refractivity contribution is 7.89. The zero-order chi connectivity index (χ0) is 19.3. The van der Waals surface area contributed by atoms with Crippen molar-refractivity contribution in [2.45, 2.75) is 18.7 Å². The summed E-state index contributed by atoms with van der Waals surface area (Å²) in [5.41, 5.74) is 2.61. The average molecular weight is 378 g/mol. The number of carbonyl (C=O) groups is 1. The molecule has 0 heterocycles. The Balaban J connectivity index is 2.13. The van der Waals surface area contributed by atoms with E-state index in [0.29, 0.717) is 11.4 Å². The van der Waals surface area contributed by atoms with E-state index < -0.39 is 22.5 Å². The van der Waals surface area contributed by atoms with E-state index in [1.807, 2.05) is 26.0 Å². The van der Waals surface area contributed by atoms with Gasteiger partial charge in [-0.1, -0.05) is 12.1 Å². The molecule has 0 spiro atoms. The highest BCUT2D eigenvalue weighted by atomic mass is 32.2. The van der Waals surface area contributed by atoms with E-state index in [1.165, 1.54) is 26.4 Å². The minimum absolute atomic E-state index is 0.0983. The standard InChI is InChI=1S/C18H22N2O5S/c1-12-6-5-7-15(13(12)2)20-18(21)11-19-26(22,23)17-10-14(24-3)8-9-16(17)25-4/h5-10,19H,11H2,1-4H3,(H,20,21). The van der Waals surface area contributed by atoms with Crippen molar-refractivity contribution in [1.29, 1.82) is 0 Å². The van der Waals surface area contributed by atoms with Crippen molar-refractivity contribution in [3.8, 4) is 11.5 Å². The lowest BCUT2D eigenvalue weighted by Gasteiger charge is -2.13. The summed E-state index contributed by atoms with van der Waals surface area (Å²) in [6, 6.07) is 9.93. The van der Waals surface area contributed by atoms with E-state index in [9.17, 15) is 13.2 Å². The van der Waals surface area contributed by atoms with E-state index in [0.717, 1.165) is 11.1 Å². The summed E-state index contributed by atoms with van der Waals surface area (Å²) in [6.07, 6.45) is 0. The minimum Gasteiger partial charge on any atom is -0.497 e. The molecule has 2 aromatic carbocycles. The van der Waals surface area contributed by atoms with Crippen LogP contribution in [0, 0.1) is 13.8 Å². The van der Waals surface area contributed by atoms with Crippen molar-refractivity contribution in [2.24, 2.45) is 0 Å². The van der Waals surface area contributed by atoms with Crippen molar-refractivity contribution in [3.05, 3.63) is 47.5 Å². The number of nitrogens with one attached hydrogen (secondary N) is 2. The van der Waals surface area contributed by atoms with Gasteiger partial charge in [-0.2, -0.15) is 0 Å². The van der Waals surface area contributed by atoms with Crippen LogP contribution < -0.4 is 19.5 Å². The topological polar surface area (TPSA) is 93.7 Å². The van der Waals surface area contributed by atoms with Crippen molar-refractivity contribution in [2.75, 3.05) is 26.1 Å². The Kier molecular flexibility index (Phi) is 6.23. The van der Waals surface area contributed by atoms with Crippen LogP contribution in [0.15, 0.2) is 41.3 Å². The fourth-order valence-corrected chi connectivity index (χ4v) is 3.48. The lowest BCUT2D eigenvalue weighted by Crippen LogP contribution is -2.33. The summed E-state index contributed by atoms with van der Waals surface area (Å²) in [6.45, 7) is 3.41. The third kappa shape index (κ3) is 4.53. The number of carbonyl (C=O) groups excluding carboxylic acids is 1. The largest absolute Gasteiger partial charge is 0.497 e. The Bertz CT molecular complexity index is 910.